The molecule has 0 saturated heterocycles. The number of benzene rings is 2. The number of carbonyl (C=O) groups excluding carboxylic acids is 4. The molecule has 0 aromatic heterocycles. The zero-order valence-electron chi connectivity index (χ0n) is 15.1. The van der Waals surface area contributed by atoms with E-state index >= 15 is 0 Å². The molecule has 1 unspecified atom stereocenters. The molecule has 0 bridgehead atoms. The van der Waals surface area contributed by atoms with Gasteiger partial charge in [-0.2, -0.15) is 0 Å². The third kappa shape index (κ3) is 3.57. The monoisotopic (exact) mass is 366 g/mol. The van der Waals surface area contributed by atoms with Crippen molar-refractivity contribution in [3.63, 3.8) is 0 Å². The highest BCUT2D eigenvalue weighted by molar-refractivity contribution is 6.21. The van der Waals surface area contributed by atoms with Crippen LogP contribution in [0, 0.1) is 6.92 Å². The molecule has 1 N–H and O–H groups in total. The van der Waals surface area contributed by atoms with Gasteiger partial charge in [0, 0.05) is 12.7 Å². The number of anilines is 1. The first-order chi connectivity index (χ1) is 12.8. The normalized spacial score (nSPS) is 14.0. The number of amides is 3. The molecule has 1 heterocycles. The molecule has 7 heteroatoms. The van der Waals surface area contributed by atoms with Gasteiger partial charge >= 0.3 is 5.97 Å². The predicted octanol–water partition coefficient (Wildman–Crippen LogP) is 2.40. The van der Waals surface area contributed by atoms with Gasteiger partial charge < -0.3 is 10.1 Å². The van der Waals surface area contributed by atoms with Crippen LogP contribution in [0.4, 0.5) is 5.69 Å². The van der Waals surface area contributed by atoms with Crippen LogP contribution in [0.25, 0.3) is 0 Å². The zero-order chi connectivity index (χ0) is 19.7. The number of hydrogen-bond acceptors (Lipinski definition) is 5. The first kappa shape index (κ1) is 18.3. The summed E-state index contributed by atoms with van der Waals surface area (Å²) in [5.74, 6) is -2.11. The Morgan fingerprint density at radius 2 is 1.74 bits per heavy atom. The van der Waals surface area contributed by atoms with Crippen molar-refractivity contribution in [3.05, 3.63) is 64.7 Å². The van der Waals surface area contributed by atoms with Crippen molar-refractivity contribution in [2.24, 2.45) is 0 Å². The summed E-state index contributed by atoms with van der Waals surface area (Å²) in [7, 11) is 1.38. The van der Waals surface area contributed by atoms with E-state index in [1.807, 2.05) is 19.1 Å². The highest BCUT2D eigenvalue weighted by Gasteiger charge is 2.33. The second-order valence-electron chi connectivity index (χ2n) is 6.34. The summed E-state index contributed by atoms with van der Waals surface area (Å²) in [5.41, 5.74) is 2.07. The van der Waals surface area contributed by atoms with Gasteiger partial charge in [-0.3, -0.25) is 19.3 Å². The summed E-state index contributed by atoms with van der Waals surface area (Å²) >= 11 is 0. The number of carbonyl (C=O) groups is 4. The van der Waals surface area contributed by atoms with Gasteiger partial charge in [0.1, 0.15) is 0 Å². The van der Waals surface area contributed by atoms with Crippen LogP contribution in [-0.4, -0.2) is 41.7 Å². The summed E-state index contributed by atoms with van der Waals surface area (Å²) in [6.07, 6.45) is -1.04. The lowest BCUT2D eigenvalue weighted by Gasteiger charge is -2.14. The van der Waals surface area contributed by atoms with Gasteiger partial charge in [-0.15, -0.1) is 0 Å². The molecule has 2 aromatic rings. The molecule has 2 aromatic carbocycles. The van der Waals surface area contributed by atoms with Crippen molar-refractivity contribution in [2.75, 3.05) is 12.4 Å². The summed E-state index contributed by atoms with van der Waals surface area (Å²) in [6, 6.07) is 11.4. The van der Waals surface area contributed by atoms with E-state index in [1.54, 1.807) is 12.1 Å². The Balaban J connectivity index is 1.69. The molecule has 3 rings (SSSR count). The smallest absolute Gasteiger partial charge is 0.338 e. The standard InChI is InChI=1S/C20H18N2O5/c1-11-5-4-6-14(9-11)21-17(23)12(2)27-20(26)13-7-8-15-16(10-13)19(25)22(3)18(15)24/h4-10,12H,1-3H3,(H,21,23). The van der Waals surface area contributed by atoms with Gasteiger partial charge in [-0.25, -0.2) is 4.79 Å². The highest BCUT2D eigenvalue weighted by atomic mass is 16.5. The number of imide groups is 1. The molecule has 27 heavy (non-hydrogen) atoms. The molecular formula is C20H18N2O5. The van der Waals surface area contributed by atoms with Gasteiger partial charge in [0.05, 0.1) is 16.7 Å². The lowest BCUT2D eigenvalue weighted by molar-refractivity contribution is -0.123. The molecule has 0 fully saturated rings. The molecule has 7 nitrogen and oxygen atoms in total. The average molecular weight is 366 g/mol. The number of fused-ring (bicyclic) bond motifs is 1. The van der Waals surface area contributed by atoms with Crippen LogP contribution in [0.15, 0.2) is 42.5 Å². The molecule has 138 valence electrons. The summed E-state index contributed by atoms with van der Waals surface area (Å²) in [6.45, 7) is 3.36. The predicted molar refractivity (Wildman–Crippen MR) is 97.6 cm³/mol. The second kappa shape index (κ2) is 7.03. The molecular weight excluding hydrogens is 348 g/mol. The topological polar surface area (TPSA) is 92.8 Å². The van der Waals surface area contributed by atoms with E-state index in [-0.39, 0.29) is 16.7 Å². The molecule has 0 saturated carbocycles. The maximum atomic E-state index is 12.3. The van der Waals surface area contributed by atoms with Crippen molar-refractivity contribution >= 4 is 29.4 Å². The number of esters is 1. The van der Waals surface area contributed by atoms with E-state index in [2.05, 4.69) is 5.32 Å². The van der Waals surface area contributed by atoms with Crippen LogP contribution in [0.5, 0.6) is 0 Å². The van der Waals surface area contributed by atoms with Crippen LogP contribution >= 0.6 is 0 Å². The van der Waals surface area contributed by atoms with E-state index < -0.39 is 29.8 Å². The van der Waals surface area contributed by atoms with E-state index in [1.165, 1.54) is 32.2 Å². The van der Waals surface area contributed by atoms with Crippen LogP contribution in [0.3, 0.4) is 0 Å². The lowest BCUT2D eigenvalue weighted by Crippen LogP contribution is -2.30. The minimum atomic E-state index is -1.04. The van der Waals surface area contributed by atoms with E-state index in [0.29, 0.717) is 5.69 Å². The minimum Gasteiger partial charge on any atom is -0.449 e. The van der Waals surface area contributed by atoms with Crippen molar-refractivity contribution in [2.45, 2.75) is 20.0 Å². The van der Waals surface area contributed by atoms with Gasteiger partial charge in [-0.1, -0.05) is 12.1 Å². The van der Waals surface area contributed by atoms with Gasteiger partial charge in [-0.05, 0) is 49.7 Å². The molecule has 0 aliphatic carbocycles. The number of hydrogen-bond donors (Lipinski definition) is 1. The fraction of sp³-hybridized carbons (Fsp3) is 0.200. The molecule has 1 aliphatic rings. The van der Waals surface area contributed by atoms with Crippen molar-refractivity contribution in [1.82, 2.24) is 4.90 Å². The Kier molecular flexibility index (Phi) is 4.77. The quantitative estimate of drug-likeness (QED) is 0.663. The number of nitrogens with one attached hydrogen (secondary N) is 1. The number of nitrogens with zero attached hydrogens (tertiary/aromatic N) is 1. The molecule has 1 atom stereocenters. The Labute approximate surface area is 155 Å². The average Bonchev–Trinajstić information content (AvgIpc) is 2.85. The van der Waals surface area contributed by atoms with Crippen LogP contribution in [0.2, 0.25) is 0 Å². The Morgan fingerprint density at radius 1 is 1.04 bits per heavy atom. The lowest BCUT2D eigenvalue weighted by atomic mass is 10.1. The van der Waals surface area contributed by atoms with Gasteiger partial charge in [0.15, 0.2) is 6.10 Å². The van der Waals surface area contributed by atoms with E-state index in [4.69, 9.17) is 4.74 Å². The van der Waals surface area contributed by atoms with Gasteiger partial charge in [0.25, 0.3) is 17.7 Å². The van der Waals surface area contributed by atoms with E-state index in [9.17, 15) is 19.2 Å². The number of aryl methyl sites for hydroxylation is 1. The fourth-order valence-electron chi connectivity index (χ4n) is 2.74. The SMILES string of the molecule is Cc1cccc(NC(=O)C(C)OC(=O)c2ccc3c(c2)C(=O)N(C)C3=O)c1. The Bertz CT molecular complexity index is 967. The third-order valence-electron chi connectivity index (χ3n) is 4.26. The molecule has 0 spiro atoms. The first-order valence-corrected chi connectivity index (χ1v) is 8.33. The van der Waals surface area contributed by atoms with Crippen molar-refractivity contribution in [3.8, 4) is 0 Å². The molecule has 1 aliphatic heterocycles. The Hall–Kier alpha value is -3.48. The van der Waals surface area contributed by atoms with Gasteiger partial charge in [0.2, 0.25) is 0 Å². The maximum Gasteiger partial charge on any atom is 0.338 e. The summed E-state index contributed by atoms with van der Waals surface area (Å²) in [4.78, 5) is 49.4. The molecule has 0 radical (unpaired) electrons. The van der Waals surface area contributed by atoms with Crippen LogP contribution in [0.1, 0.15) is 43.6 Å². The van der Waals surface area contributed by atoms with Crippen molar-refractivity contribution < 1.29 is 23.9 Å². The summed E-state index contributed by atoms with van der Waals surface area (Å²) in [5, 5.41) is 2.68. The third-order valence-corrected chi connectivity index (χ3v) is 4.26. The molecule has 3 amide bonds. The van der Waals surface area contributed by atoms with E-state index in [0.717, 1.165) is 10.5 Å². The Morgan fingerprint density at radius 3 is 2.44 bits per heavy atom. The zero-order valence-corrected chi connectivity index (χ0v) is 15.1. The minimum absolute atomic E-state index is 0.0976. The van der Waals surface area contributed by atoms with Crippen molar-refractivity contribution in [1.29, 1.82) is 0 Å². The second-order valence-corrected chi connectivity index (χ2v) is 6.34. The van der Waals surface area contributed by atoms with Crippen LogP contribution in [-0.2, 0) is 9.53 Å². The largest absolute Gasteiger partial charge is 0.449 e. The van der Waals surface area contributed by atoms with Crippen LogP contribution < -0.4 is 5.32 Å². The summed E-state index contributed by atoms with van der Waals surface area (Å²) < 4.78 is 5.19. The first-order valence-electron chi connectivity index (χ1n) is 8.33. The fourth-order valence-corrected chi connectivity index (χ4v) is 2.74. The maximum absolute atomic E-state index is 12.3. The number of rotatable bonds is 4. The highest BCUT2D eigenvalue weighted by Crippen LogP contribution is 2.23. The number of ether oxygens (including phenoxy) is 1.